The van der Waals surface area contributed by atoms with Crippen LogP contribution in [-0.2, 0) is 4.79 Å². The molecule has 138 valence electrons. The highest BCUT2D eigenvalue weighted by atomic mass is 35.5. The minimum Gasteiger partial charge on any atom is -0.459 e. The number of rotatable bonds is 4. The van der Waals surface area contributed by atoms with E-state index in [2.05, 4.69) is 5.32 Å². The summed E-state index contributed by atoms with van der Waals surface area (Å²) in [6.45, 7) is 2.88. The Kier molecular flexibility index (Phi) is 5.89. The summed E-state index contributed by atoms with van der Waals surface area (Å²) in [6, 6.07) is 8.28. The predicted molar refractivity (Wildman–Crippen MR) is 100 cm³/mol. The topological polar surface area (TPSA) is 62.6 Å². The summed E-state index contributed by atoms with van der Waals surface area (Å²) in [5.41, 5.74) is 0.809. The van der Waals surface area contributed by atoms with Crippen molar-refractivity contribution < 1.29 is 14.0 Å². The molecular formula is C19H20Cl2N2O3. The molecule has 1 saturated heterocycles. The molecule has 0 radical (unpaired) electrons. The molecule has 1 aromatic carbocycles. The van der Waals surface area contributed by atoms with Crippen molar-refractivity contribution in [1.29, 1.82) is 0 Å². The van der Waals surface area contributed by atoms with Crippen molar-refractivity contribution in [2.24, 2.45) is 5.92 Å². The van der Waals surface area contributed by atoms with E-state index < -0.39 is 0 Å². The SMILES string of the molecule is CC(NC(=O)C1CCCN(C(=O)c2ccco2)C1)c1ccc(Cl)cc1Cl. The van der Waals surface area contributed by atoms with Gasteiger partial charge in [0.05, 0.1) is 18.2 Å². The van der Waals surface area contributed by atoms with E-state index in [-0.39, 0.29) is 23.8 Å². The molecule has 5 nitrogen and oxygen atoms in total. The smallest absolute Gasteiger partial charge is 0.289 e. The largest absolute Gasteiger partial charge is 0.459 e. The van der Waals surface area contributed by atoms with Crippen molar-refractivity contribution >= 4 is 35.0 Å². The number of carbonyl (C=O) groups excluding carboxylic acids is 2. The summed E-state index contributed by atoms with van der Waals surface area (Å²) < 4.78 is 5.17. The molecule has 1 fully saturated rings. The van der Waals surface area contributed by atoms with E-state index in [1.165, 1.54) is 6.26 Å². The van der Waals surface area contributed by atoms with E-state index in [0.717, 1.165) is 18.4 Å². The van der Waals surface area contributed by atoms with Gasteiger partial charge in [0.1, 0.15) is 0 Å². The first-order chi connectivity index (χ1) is 12.5. The minimum atomic E-state index is -0.254. The van der Waals surface area contributed by atoms with Crippen molar-refractivity contribution in [3.8, 4) is 0 Å². The van der Waals surface area contributed by atoms with E-state index in [0.29, 0.717) is 28.9 Å². The van der Waals surface area contributed by atoms with Crippen molar-refractivity contribution in [3.63, 3.8) is 0 Å². The molecule has 1 aliphatic rings. The van der Waals surface area contributed by atoms with Crippen molar-refractivity contribution in [2.45, 2.75) is 25.8 Å². The molecule has 0 spiro atoms. The Hall–Kier alpha value is -1.98. The zero-order valence-corrected chi connectivity index (χ0v) is 15.9. The van der Waals surface area contributed by atoms with Gasteiger partial charge in [0, 0.05) is 23.1 Å². The van der Waals surface area contributed by atoms with Crippen LogP contribution >= 0.6 is 23.2 Å². The number of nitrogens with one attached hydrogen (secondary N) is 1. The Morgan fingerprint density at radius 2 is 2.12 bits per heavy atom. The average Bonchev–Trinajstić information content (AvgIpc) is 3.15. The third kappa shape index (κ3) is 4.22. The monoisotopic (exact) mass is 394 g/mol. The number of nitrogens with zero attached hydrogens (tertiary/aromatic N) is 1. The fourth-order valence-corrected chi connectivity index (χ4v) is 3.77. The lowest BCUT2D eigenvalue weighted by Gasteiger charge is -2.32. The number of hydrogen-bond donors (Lipinski definition) is 1. The summed E-state index contributed by atoms with van der Waals surface area (Å²) in [5, 5.41) is 4.06. The van der Waals surface area contributed by atoms with E-state index in [1.807, 2.05) is 13.0 Å². The number of carbonyl (C=O) groups is 2. The lowest BCUT2D eigenvalue weighted by molar-refractivity contribution is -0.127. The van der Waals surface area contributed by atoms with Crippen molar-refractivity contribution in [1.82, 2.24) is 10.2 Å². The van der Waals surface area contributed by atoms with Crippen LogP contribution in [-0.4, -0.2) is 29.8 Å². The van der Waals surface area contributed by atoms with E-state index in [4.69, 9.17) is 27.6 Å². The van der Waals surface area contributed by atoms with Gasteiger partial charge in [-0.05, 0) is 49.6 Å². The molecule has 2 unspecified atom stereocenters. The highest BCUT2D eigenvalue weighted by Crippen LogP contribution is 2.27. The zero-order chi connectivity index (χ0) is 18.7. The van der Waals surface area contributed by atoms with Crippen molar-refractivity contribution in [2.75, 3.05) is 13.1 Å². The molecule has 0 aliphatic carbocycles. The van der Waals surface area contributed by atoms with Crippen LogP contribution in [0, 0.1) is 5.92 Å². The Labute approximate surface area is 162 Å². The van der Waals surface area contributed by atoms with Crippen LogP contribution in [0.1, 0.15) is 41.9 Å². The van der Waals surface area contributed by atoms with Crippen LogP contribution in [0.3, 0.4) is 0 Å². The quantitative estimate of drug-likeness (QED) is 0.839. The summed E-state index contributed by atoms with van der Waals surface area (Å²) in [5.74, 6) is -0.217. The van der Waals surface area contributed by atoms with Gasteiger partial charge in [-0.15, -0.1) is 0 Å². The first-order valence-electron chi connectivity index (χ1n) is 8.54. The van der Waals surface area contributed by atoms with Gasteiger partial charge in [0.15, 0.2) is 5.76 Å². The van der Waals surface area contributed by atoms with Gasteiger partial charge in [-0.25, -0.2) is 0 Å². The summed E-state index contributed by atoms with van der Waals surface area (Å²) in [7, 11) is 0. The summed E-state index contributed by atoms with van der Waals surface area (Å²) >= 11 is 12.1. The maximum absolute atomic E-state index is 12.7. The number of benzene rings is 1. The molecular weight excluding hydrogens is 375 g/mol. The summed E-state index contributed by atoms with van der Waals surface area (Å²) in [4.78, 5) is 26.8. The Morgan fingerprint density at radius 3 is 2.81 bits per heavy atom. The van der Waals surface area contributed by atoms with E-state index >= 15 is 0 Å². The molecule has 0 bridgehead atoms. The average molecular weight is 395 g/mol. The van der Waals surface area contributed by atoms with Crippen molar-refractivity contribution in [3.05, 3.63) is 58.0 Å². The second-order valence-electron chi connectivity index (χ2n) is 6.46. The molecule has 2 aromatic rings. The molecule has 2 atom stereocenters. The highest BCUT2D eigenvalue weighted by Gasteiger charge is 2.30. The van der Waals surface area contributed by atoms with E-state index in [9.17, 15) is 9.59 Å². The zero-order valence-electron chi connectivity index (χ0n) is 14.4. The summed E-state index contributed by atoms with van der Waals surface area (Å²) in [6.07, 6.45) is 2.99. The molecule has 3 rings (SSSR count). The second-order valence-corrected chi connectivity index (χ2v) is 7.31. The van der Waals surface area contributed by atoms with Gasteiger partial charge in [-0.2, -0.15) is 0 Å². The molecule has 1 aromatic heterocycles. The van der Waals surface area contributed by atoms with E-state index in [1.54, 1.807) is 29.2 Å². The third-order valence-electron chi connectivity index (χ3n) is 4.60. The molecule has 1 N–H and O–H groups in total. The Bertz CT molecular complexity index is 792. The first-order valence-corrected chi connectivity index (χ1v) is 9.29. The molecule has 2 amide bonds. The standard InChI is InChI=1S/C19H20Cl2N2O3/c1-12(15-7-6-14(20)10-16(15)21)22-18(24)13-4-2-8-23(11-13)19(25)17-5-3-9-26-17/h3,5-7,9-10,12-13H,2,4,8,11H2,1H3,(H,22,24). The number of piperidine rings is 1. The van der Waals surface area contributed by atoms with Crippen LogP contribution < -0.4 is 5.32 Å². The third-order valence-corrected chi connectivity index (χ3v) is 5.16. The molecule has 1 aliphatic heterocycles. The van der Waals surface area contributed by atoms with Gasteiger partial charge >= 0.3 is 0 Å². The Morgan fingerprint density at radius 1 is 1.31 bits per heavy atom. The second kappa shape index (κ2) is 8.14. The molecule has 26 heavy (non-hydrogen) atoms. The van der Waals surface area contributed by atoms with Crippen LogP contribution in [0.25, 0.3) is 0 Å². The van der Waals surface area contributed by atoms with Crippen LogP contribution in [0.15, 0.2) is 41.0 Å². The highest BCUT2D eigenvalue weighted by molar-refractivity contribution is 6.35. The fraction of sp³-hybridized carbons (Fsp3) is 0.368. The van der Waals surface area contributed by atoms with Crippen LogP contribution in [0.4, 0.5) is 0 Å². The number of hydrogen-bond acceptors (Lipinski definition) is 3. The molecule has 7 heteroatoms. The number of furan rings is 1. The van der Waals surface area contributed by atoms with Crippen LogP contribution in [0.2, 0.25) is 10.0 Å². The normalized spacial score (nSPS) is 18.4. The van der Waals surface area contributed by atoms with Crippen LogP contribution in [0.5, 0.6) is 0 Å². The van der Waals surface area contributed by atoms with Gasteiger partial charge < -0.3 is 14.6 Å². The van der Waals surface area contributed by atoms with Gasteiger partial charge in [0.2, 0.25) is 5.91 Å². The minimum absolute atomic E-state index is 0.0829. The number of amides is 2. The first kappa shape index (κ1) is 18.8. The van der Waals surface area contributed by atoms with Gasteiger partial charge in [-0.1, -0.05) is 29.3 Å². The lowest BCUT2D eigenvalue weighted by atomic mass is 9.96. The maximum Gasteiger partial charge on any atom is 0.289 e. The Balaban J connectivity index is 1.63. The maximum atomic E-state index is 12.7. The fourth-order valence-electron chi connectivity index (χ4n) is 3.19. The van der Waals surface area contributed by atoms with Gasteiger partial charge in [-0.3, -0.25) is 9.59 Å². The number of likely N-dealkylation sites (tertiary alicyclic amines) is 1. The predicted octanol–water partition coefficient (Wildman–Crippen LogP) is 4.32. The molecule has 2 heterocycles. The molecule has 0 saturated carbocycles. The lowest BCUT2D eigenvalue weighted by Crippen LogP contribution is -2.45. The number of halogens is 2. The van der Waals surface area contributed by atoms with Gasteiger partial charge in [0.25, 0.3) is 5.91 Å².